The Balaban J connectivity index is 1.76. The minimum atomic E-state index is -0.811. The number of benzene rings is 2. The average Bonchev–Trinajstić information content (AvgIpc) is 3.05. The Kier molecular flexibility index (Phi) is 3.84. The number of rotatable bonds is 1. The van der Waals surface area contributed by atoms with Gasteiger partial charge in [0.15, 0.2) is 11.6 Å². The molecule has 0 bridgehead atoms. The van der Waals surface area contributed by atoms with Crippen molar-refractivity contribution in [1.29, 1.82) is 0 Å². The molecule has 0 aliphatic carbocycles. The summed E-state index contributed by atoms with van der Waals surface area (Å²) in [4.78, 5) is 0. The molecule has 0 radical (unpaired) electrons. The monoisotopic (exact) mass is 343 g/mol. The van der Waals surface area contributed by atoms with Crippen LogP contribution >= 0.6 is 0 Å². The van der Waals surface area contributed by atoms with Gasteiger partial charge in [0.1, 0.15) is 0 Å². The van der Waals surface area contributed by atoms with E-state index in [1.54, 1.807) is 6.07 Å². The molecule has 2 aromatic rings. The Morgan fingerprint density at radius 3 is 2.56 bits per heavy atom. The van der Waals surface area contributed by atoms with Gasteiger partial charge in [-0.3, -0.25) is 0 Å². The van der Waals surface area contributed by atoms with Crippen LogP contribution in [0.25, 0.3) is 0 Å². The van der Waals surface area contributed by atoms with E-state index in [2.05, 4.69) is 44.3 Å². The average molecular weight is 343 g/mol. The molecule has 0 amide bonds. The Morgan fingerprint density at radius 1 is 1.04 bits per heavy atom. The second-order valence-electron chi connectivity index (χ2n) is 8.09. The second kappa shape index (κ2) is 5.80. The topological polar surface area (TPSA) is 21.3 Å². The summed E-state index contributed by atoms with van der Waals surface area (Å²) in [5.41, 5.74) is 4.30. The SMILES string of the molecule is CC(C)(C)c1ccc2c(c1)C1OCCC1C(c1ccc(F)c(F)c1)N2. The van der Waals surface area contributed by atoms with Crippen molar-refractivity contribution in [1.82, 2.24) is 0 Å². The number of halogens is 2. The largest absolute Gasteiger partial charge is 0.378 e. The van der Waals surface area contributed by atoms with Crippen LogP contribution in [0.1, 0.15) is 56.0 Å². The van der Waals surface area contributed by atoms with Gasteiger partial charge in [-0.25, -0.2) is 8.78 Å². The lowest BCUT2D eigenvalue weighted by molar-refractivity contribution is 0.0828. The first-order valence-electron chi connectivity index (χ1n) is 8.82. The Bertz CT molecular complexity index is 812. The molecule has 2 aliphatic rings. The molecule has 3 atom stereocenters. The highest BCUT2D eigenvalue weighted by Gasteiger charge is 2.42. The smallest absolute Gasteiger partial charge is 0.159 e. The summed E-state index contributed by atoms with van der Waals surface area (Å²) >= 11 is 0. The van der Waals surface area contributed by atoms with E-state index in [-0.39, 0.29) is 23.5 Å². The van der Waals surface area contributed by atoms with Crippen molar-refractivity contribution in [3.8, 4) is 0 Å². The van der Waals surface area contributed by atoms with Crippen LogP contribution in [0.15, 0.2) is 36.4 Å². The molecule has 2 aliphatic heterocycles. The third kappa shape index (κ3) is 2.82. The van der Waals surface area contributed by atoms with Crippen LogP contribution in [-0.2, 0) is 10.2 Å². The van der Waals surface area contributed by atoms with Crippen LogP contribution in [0.5, 0.6) is 0 Å². The maximum atomic E-state index is 13.7. The van der Waals surface area contributed by atoms with Crippen LogP contribution in [0.3, 0.4) is 0 Å². The van der Waals surface area contributed by atoms with E-state index >= 15 is 0 Å². The van der Waals surface area contributed by atoms with Crippen molar-refractivity contribution in [2.75, 3.05) is 11.9 Å². The Hall–Kier alpha value is -1.94. The fourth-order valence-electron chi connectivity index (χ4n) is 3.97. The maximum absolute atomic E-state index is 13.7. The van der Waals surface area contributed by atoms with Crippen molar-refractivity contribution in [3.05, 3.63) is 64.7 Å². The van der Waals surface area contributed by atoms with E-state index < -0.39 is 11.6 Å². The third-order valence-electron chi connectivity index (χ3n) is 5.40. The molecule has 25 heavy (non-hydrogen) atoms. The van der Waals surface area contributed by atoms with Crippen LogP contribution < -0.4 is 5.32 Å². The fraction of sp³-hybridized carbons (Fsp3) is 0.429. The molecule has 2 nitrogen and oxygen atoms in total. The van der Waals surface area contributed by atoms with Gasteiger partial charge >= 0.3 is 0 Å². The highest BCUT2D eigenvalue weighted by molar-refractivity contribution is 5.59. The van der Waals surface area contributed by atoms with Crippen molar-refractivity contribution in [2.24, 2.45) is 5.92 Å². The summed E-state index contributed by atoms with van der Waals surface area (Å²) in [6.07, 6.45) is 0.900. The lowest BCUT2D eigenvalue weighted by atomic mass is 9.78. The highest BCUT2D eigenvalue weighted by Crippen LogP contribution is 2.50. The van der Waals surface area contributed by atoms with Gasteiger partial charge < -0.3 is 10.1 Å². The standard InChI is InChI=1S/C21H23F2NO/c1-21(2,3)13-5-7-18-15(11-13)20-14(8-9-25-20)19(24-18)12-4-6-16(22)17(23)10-12/h4-7,10-11,14,19-20,24H,8-9H2,1-3H3. The van der Waals surface area contributed by atoms with Crippen LogP contribution in [0, 0.1) is 17.6 Å². The summed E-state index contributed by atoms with van der Waals surface area (Å²) in [5, 5.41) is 3.54. The molecule has 0 saturated carbocycles. The number of hydrogen-bond donors (Lipinski definition) is 1. The Labute approximate surface area is 147 Å². The molecule has 3 unspecified atom stereocenters. The predicted molar refractivity (Wildman–Crippen MR) is 94.7 cm³/mol. The molecule has 4 heteroatoms. The van der Waals surface area contributed by atoms with Gasteiger partial charge in [0.2, 0.25) is 0 Å². The predicted octanol–water partition coefficient (Wildman–Crippen LogP) is 5.51. The van der Waals surface area contributed by atoms with Gasteiger partial charge in [-0.2, -0.15) is 0 Å². The number of anilines is 1. The van der Waals surface area contributed by atoms with Gasteiger partial charge in [0.05, 0.1) is 12.1 Å². The molecule has 132 valence electrons. The van der Waals surface area contributed by atoms with Gasteiger partial charge in [0.25, 0.3) is 0 Å². The molecule has 0 aromatic heterocycles. The summed E-state index contributed by atoms with van der Waals surface area (Å²) in [7, 11) is 0. The third-order valence-corrected chi connectivity index (χ3v) is 5.40. The molecule has 1 fully saturated rings. The lowest BCUT2D eigenvalue weighted by Gasteiger charge is -2.37. The Morgan fingerprint density at radius 2 is 1.84 bits per heavy atom. The minimum absolute atomic E-state index is 0.00309. The van der Waals surface area contributed by atoms with Crippen molar-refractivity contribution >= 4 is 5.69 Å². The molecule has 2 aromatic carbocycles. The molecule has 2 heterocycles. The maximum Gasteiger partial charge on any atom is 0.159 e. The van der Waals surface area contributed by atoms with Crippen molar-refractivity contribution in [2.45, 2.75) is 44.8 Å². The first-order valence-corrected chi connectivity index (χ1v) is 8.82. The van der Waals surface area contributed by atoms with Crippen molar-refractivity contribution in [3.63, 3.8) is 0 Å². The van der Waals surface area contributed by atoms with E-state index in [9.17, 15) is 8.78 Å². The van der Waals surface area contributed by atoms with E-state index in [4.69, 9.17) is 4.74 Å². The molecule has 1 saturated heterocycles. The zero-order chi connectivity index (χ0) is 17.8. The summed E-state index contributed by atoms with van der Waals surface area (Å²) in [5.74, 6) is -1.40. The lowest BCUT2D eigenvalue weighted by Crippen LogP contribution is -2.30. The number of nitrogens with one attached hydrogen (secondary N) is 1. The number of hydrogen-bond acceptors (Lipinski definition) is 2. The molecular formula is C21H23F2NO. The van der Waals surface area contributed by atoms with Gasteiger partial charge in [-0.1, -0.05) is 39.0 Å². The van der Waals surface area contributed by atoms with Crippen LogP contribution in [0.4, 0.5) is 14.5 Å². The second-order valence-corrected chi connectivity index (χ2v) is 8.09. The summed E-state index contributed by atoms with van der Waals surface area (Å²) in [6.45, 7) is 7.28. The van der Waals surface area contributed by atoms with E-state index in [0.29, 0.717) is 6.61 Å². The van der Waals surface area contributed by atoms with E-state index in [0.717, 1.165) is 17.7 Å². The zero-order valence-electron chi connectivity index (χ0n) is 14.8. The van der Waals surface area contributed by atoms with Gasteiger partial charge in [-0.15, -0.1) is 0 Å². The van der Waals surface area contributed by atoms with Gasteiger partial charge in [0, 0.05) is 23.8 Å². The van der Waals surface area contributed by atoms with Crippen molar-refractivity contribution < 1.29 is 13.5 Å². The fourth-order valence-corrected chi connectivity index (χ4v) is 3.97. The summed E-state index contributed by atoms with van der Waals surface area (Å²) < 4.78 is 33.1. The highest BCUT2D eigenvalue weighted by atomic mass is 19.2. The van der Waals surface area contributed by atoms with E-state index in [1.165, 1.54) is 23.3 Å². The first kappa shape index (κ1) is 16.5. The quantitative estimate of drug-likeness (QED) is 0.737. The zero-order valence-corrected chi connectivity index (χ0v) is 14.8. The normalized spacial score (nSPS) is 25.2. The molecular weight excluding hydrogens is 320 g/mol. The first-order chi connectivity index (χ1) is 11.8. The number of fused-ring (bicyclic) bond motifs is 3. The van der Waals surface area contributed by atoms with Gasteiger partial charge in [-0.05, 0) is 41.2 Å². The molecule has 1 N–H and O–H groups in total. The molecule has 0 spiro atoms. The summed E-state index contributed by atoms with van der Waals surface area (Å²) in [6, 6.07) is 10.5. The van der Waals surface area contributed by atoms with E-state index in [1.807, 2.05) is 0 Å². The minimum Gasteiger partial charge on any atom is -0.378 e. The van der Waals surface area contributed by atoms with Crippen LogP contribution in [0.2, 0.25) is 0 Å². The molecule has 4 rings (SSSR count). The number of ether oxygens (including phenoxy) is 1. The van der Waals surface area contributed by atoms with Crippen LogP contribution in [-0.4, -0.2) is 6.61 Å².